The van der Waals surface area contributed by atoms with Crippen LogP contribution in [0.1, 0.15) is 37.0 Å². The number of carbonyl (C=O) groups excluding carboxylic acids is 2. The number of para-hydroxylation sites is 1. The fraction of sp³-hybridized carbons (Fsp3) is 0.364. The first kappa shape index (κ1) is 21.3. The van der Waals surface area contributed by atoms with Gasteiger partial charge in [0, 0.05) is 42.4 Å². The first-order valence-electron chi connectivity index (χ1n) is 10.1. The lowest BCUT2D eigenvalue weighted by atomic mass is 9.95. The molecular weight excluding hydrogens is 384 g/mol. The van der Waals surface area contributed by atoms with Crippen molar-refractivity contribution in [2.75, 3.05) is 18.4 Å². The van der Waals surface area contributed by atoms with E-state index in [1.807, 2.05) is 44.2 Å². The van der Waals surface area contributed by atoms with Crippen molar-refractivity contribution in [2.45, 2.75) is 32.7 Å². The van der Waals surface area contributed by atoms with Gasteiger partial charge in [-0.15, -0.1) is 0 Å². The minimum atomic E-state index is -0.495. The highest BCUT2D eigenvalue weighted by molar-refractivity contribution is 5.96. The monoisotopic (exact) mass is 410 g/mol. The molecule has 8 heteroatoms. The first-order valence-corrected chi connectivity index (χ1v) is 10.1. The van der Waals surface area contributed by atoms with Crippen LogP contribution in [0, 0.1) is 16.0 Å². The van der Waals surface area contributed by atoms with Crippen LogP contribution in [-0.4, -0.2) is 40.8 Å². The second kappa shape index (κ2) is 9.39. The molecule has 2 amide bonds. The molecule has 0 aromatic heterocycles. The van der Waals surface area contributed by atoms with Crippen molar-refractivity contribution in [1.82, 2.24) is 10.2 Å². The highest BCUT2D eigenvalue weighted by atomic mass is 16.6. The summed E-state index contributed by atoms with van der Waals surface area (Å²) in [6.07, 6.45) is 1.17. The van der Waals surface area contributed by atoms with Gasteiger partial charge < -0.3 is 15.5 Å². The van der Waals surface area contributed by atoms with Gasteiger partial charge in [0.25, 0.3) is 11.6 Å². The molecule has 1 aliphatic heterocycles. The number of benzene rings is 2. The number of nitro benzene ring substituents is 1. The van der Waals surface area contributed by atoms with E-state index in [4.69, 9.17) is 0 Å². The number of nitrogens with one attached hydrogen (secondary N) is 2. The van der Waals surface area contributed by atoms with Crippen LogP contribution in [0.4, 0.5) is 17.1 Å². The van der Waals surface area contributed by atoms with Crippen molar-refractivity contribution in [3.05, 3.63) is 64.2 Å². The molecule has 158 valence electrons. The average molecular weight is 410 g/mol. The maximum absolute atomic E-state index is 12.9. The summed E-state index contributed by atoms with van der Waals surface area (Å²) in [5, 5.41) is 17.5. The molecule has 2 aromatic carbocycles. The van der Waals surface area contributed by atoms with E-state index in [1.165, 1.54) is 6.07 Å². The Bertz CT molecular complexity index is 922. The molecule has 2 N–H and O–H groups in total. The highest BCUT2D eigenvalue weighted by Crippen LogP contribution is 2.29. The topological polar surface area (TPSA) is 105 Å². The fourth-order valence-corrected chi connectivity index (χ4v) is 3.53. The van der Waals surface area contributed by atoms with Crippen LogP contribution in [0.3, 0.4) is 0 Å². The first-order chi connectivity index (χ1) is 14.3. The number of amides is 2. The molecule has 0 atom stereocenters. The van der Waals surface area contributed by atoms with Gasteiger partial charge in [-0.1, -0.05) is 18.2 Å². The molecule has 1 saturated heterocycles. The largest absolute Gasteiger partial charge is 0.354 e. The van der Waals surface area contributed by atoms with Crippen molar-refractivity contribution in [1.29, 1.82) is 0 Å². The molecule has 0 unspecified atom stereocenters. The number of nitrogens with zero attached hydrogens (tertiary/aromatic N) is 2. The van der Waals surface area contributed by atoms with E-state index in [2.05, 4.69) is 10.6 Å². The molecule has 1 heterocycles. The van der Waals surface area contributed by atoms with Gasteiger partial charge in [0.05, 0.1) is 4.92 Å². The van der Waals surface area contributed by atoms with Gasteiger partial charge in [-0.05, 0) is 51.0 Å². The van der Waals surface area contributed by atoms with Gasteiger partial charge in [-0.3, -0.25) is 19.7 Å². The SMILES string of the molecule is CC(C)NC(=O)C1CCN(C(=O)c2ccc(Nc3ccccc3)c([N+](=O)[O-])c2)CC1. The summed E-state index contributed by atoms with van der Waals surface area (Å²) < 4.78 is 0. The summed E-state index contributed by atoms with van der Waals surface area (Å²) in [4.78, 5) is 37.8. The number of anilines is 2. The third-order valence-corrected chi connectivity index (χ3v) is 5.08. The summed E-state index contributed by atoms with van der Waals surface area (Å²) in [5.41, 5.74) is 1.16. The smallest absolute Gasteiger partial charge is 0.293 e. The summed E-state index contributed by atoms with van der Waals surface area (Å²) in [6.45, 7) is 4.74. The molecule has 0 spiro atoms. The standard InChI is InChI=1S/C22H26N4O4/c1-15(2)23-21(27)16-10-12-25(13-11-16)22(28)17-8-9-19(20(14-17)26(29)30)24-18-6-4-3-5-7-18/h3-9,14-16,24H,10-13H2,1-2H3,(H,23,27). The van der Waals surface area contributed by atoms with E-state index in [9.17, 15) is 19.7 Å². The van der Waals surface area contributed by atoms with Gasteiger partial charge in [0.1, 0.15) is 5.69 Å². The summed E-state index contributed by atoms with van der Waals surface area (Å²) in [6, 6.07) is 13.7. The Morgan fingerprint density at radius 3 is 2.37 bits per heavy atom. The number of likely N-dealkylation sites (tertiary alicyclic amines) is 1. The number of hydrogen-bond donors (Lipinski definition) is 2. The Morgan fingerprint density at radius 1 is 1.10 bits per heavy atom. The lowest BCUT2D eigenvalue weighted by Crippen LogP contribution is -2.44. The van der Waals surface area contributed by atoms with Crippen LogP contribution in [0.25, 0.3) is 0 Å². The van der Waals surface area contributed by atoms with Crippen molar-refractivity contribution < 1.29 is 14.5 Å². The third-order valence-electron chi connectivity index (χ3n) is 5.08. The van der Waals surface area contributed by atoms with Crippen molar-refractivity contribution >= 4 is 28.9 Å². The quantitative estimate of drug-likeness (QED) is 0.558. The average Bonchev–Trinajstić information content (AvgIpc) is 2.73. The molecular formula is C22H26N4O4. The molecule has 0 saturated carbocycles. The second-order valence-electron chi connectivity index (χ2n) is 7.71. The van der Waals surface area contributed by atoms with Crippen LogP contribution in [-0.2, 0) is 4.79 Å². The number of nitro groups is 1. The maximum atomic E-state index is 12.9. The van der Waals surface area contributed by atoms with E-state index >= 15 is 0 Å². The third kappa shape index (κ3) is 5.14. The van der Waals surface area contributed by atoms with Crippen LogP contribution >= 0.6 is 0 Å². The van der Waals surface area contributed by atoms with Gasteiger partial charge >= 0.3 is 0 Å². The van der Waals surface area contributed by atoms with Gasteiger partial charge in [-0.2, -0.15) is 0 Å². The number of piperidine rings is 1. The number of rotatable bonds is 6. The molecule has 30 heavy (non-hydrogen) atoms. The van der Waals surface area contributed by atoms with Crippen molar-refractivity contribution in [2.24, 2.45) is 5.92 Å². The van der Waals surface area contributed by atoms with E-state index < -0.39 is 4.92 Å². The molecule has 0 aliphatic carbocycles. The Hall–Kier alpha value is -3.42. The molecule has 0 bridgehead atoms. The van der Waals surface area contributed by atoms with Crippen LogP contribution < -0.4 is 10.6 Å². The summed E-state index contributed by atoms with van der Waals surface area (Å²) in [7, 11) is 0. The van der Waals surface area contributed by atoms with E-state index in [-0.39, 0.29) is 35.0 Å². The maximum Gasteiger partial charge on any atom is 0.293 e. The Balaban J connectivity index is 1.70. The minimum absolute atomic E-state index is 0.0177. The zero-order valence-corrected chi connectivity index (χ0v) is 17.1. The summed E-state index contributed by atoms with van der Waals surface area (Å²) in [5.74, 6) is -0.348. The summed E-state index contributed by atoms with van der Waals surface area (Å²) >= 11 is 0. The Morgan fingerprint density at radius 2 is 1.77 bits per heavy atom. The molecule has 1 fully saturated rings. The van der Waals surface area contributed by atoms with Gasteiger partial charge in [-0.25, -0.2) is 0 Å². The molecule has 2 aromatic rings. The number of carbonyl (C=O) groups is 2. The van der Waals surface area contributed by atoms with E-state index in [0.29, 0.717) is 31.6 Å². The normalized spacial score (nSPS) is 14.4. The van der Waals surface area contributed by atoms with Crippen LogP contribution in [0.2, 0.25) is 0 Å². The zero-order chi connectivity index (χ0) is 21.7. The predicted molar refractivity (Wildman–Crippen MR) is 115 cm³/mol. The fourth-order valence-electron chi connectivity index (χ4n) is 3.53. The van der Waals surface area contributed by atoms with Gasteiger partial charge in [0.15, 0.2) is 0 Å². The second-order valence-corrected chi connectivity index (χ2v) is 7.71. The zero-order valence-electron chi connectivity index (χ0n) is 17.1. The highest BCUT2D eigenvalue weighted by Gasteiger charge is 2.29. The van der Waals surface area contributed by atoms with Crippen LogP contribution in [0.5, 0.6) is 0 Å². The molecule has 0 radical (unpaired) electrons. The lowest BCUT2D eigenvalue weighted by molar-refractivity contribution is -0.383. The minimum Gasteiger partial charge on any atom is -0.354 e. The molecule has 1 aliphatic rings. The molecule has 8 nitrogen and oxygen atoms in total. The molecule has 3 rings (SSSR count). The predicted octanol–water partition coefficient (Wildman–Crippen LogP) is 3.72. The van der Waals surface area contributed by atoms with E-state index in [1.54, 1.807) is 17.0 Å². The van der Waals surface area contributed by atoms with Gasteiger partial charge in [0.2, 0.25) is 5.91 Å². The Labute approximate surface area is 175 Å². The van der Waals surface area contributed by atoms with Crippen LogP contribution in [0.15, 0.2) is 48.5 Å². The van der Waals surface area contributed by atoms with E-state index in [0.717, 1.165) is 5.69 Å². The van der Waals surface area contributed by atoms with Crippen molar-refractivity contribution in [3.8, 4) is 0 Å². The van der Waals surface area contributed by atoms with Crippen molar-refractivity contribution in [3.63, 3.8) is 0 Å². The Kier molecular flexibility index (Phi) is 6.66. The number of hydrogen-bond acceptors (Lipinski definition) is 5. The lowest BCUT2D eigenvalue weighted by Gasteiger charge is -2.31.